The van der Waals surface area contributed by atoms with Gasteiger partial charge in [0.1, 0.15) is 5.75 Å². The van der Waals surface area contributed by atoms with Gasteiger partial charge in [0, 0.05) is 23.8 Å². The molecule has 1 saturated carbocycles. The van der Waals surface area contributed by atoms with E-state index in [1.807, 2.05) is 24.3 Å². The SMILES string of the molecule is COc1ccc(CNC(=O)Nc2cccc(NC(=O)C3CC3)c2)cc1. The number of rotatable bonds is 6. The summed E-state index contributed by atoms with van der Waals surface area (Å²) in [7, 11) is 1.61. The normalized spacial score (nSPS) is 13.0. The van der Waals surface area contributed by atoms with Crippen molar-refractivity contribution in [3.8, 4) is 5.75 Å². The average Bonchev–Trinajstić information content (AvgIpc) is 3.46. The third-order valence-electron chi connectivity index (χ3n) is 3.95. The fraction of sp³-hybridized carbons (Fsp3) is 0.263. The first kappa shape index (κ1) is 16.8. The van der Waals surface area contributed by atoms with Crippen molar-refractivity contribution < 1.29 is 14.3 Å². The van der Waals surface area contributed by atoms with E-state index in [2.05, 4.69) is 16.0 Å². The van der Waals surface area contributed by atoms with Gasteiger partial charge in [0.25, 0.3) is 0 Å². The first-order chi connectivity index (χ1) is 12.1. The van der Waals surface area contributed by atoms with E-state index in [9.17, 15) is 9.59 Å². The molecule has 3 rings (SSSR count). The molecule has 3 amide bonds. The number of hydrogen-bond acceptors (Lipinski definition) is 3. The Balaban J connectivity index is 1.50. The molecule has 0 heterocycles. The van der Waals surface area contributed by atoms with E-state index in [0.717, 1.165) is 24.2 Å². The molecule has 1 aliphatic carbocycles. The molecule has 0 atom stereocenters. The molecule has 0 aliphatic heterocycles. The zero-order valence-corrected chi connectivity index (χ0v) is 14.0. The molecule has 0 spiro atoms. The van der Waals surface area contributed by atoms with Crippen LogP contribution in [0.3, 0.4) is 0 Å². The Morgan fingerprint density at radius 3 is 2.36 bits per heavy atom. The van der Waals surface area contributed by atoms with E-state index >= 15 is 0 Å². The average molecular weight is 339 g/mol. The van der Waals surface area contributed by atoms with Crippen LogP contribution in [0, 0.1) is 5.92 Å². The molecule has 130 valence electrons. The van der Waals surface area contributed by atoms with Crippen LogP contribution < -0.4 is 20.7 Å². The molecule has 0 aromatic heterocycles. The Bertz CT molecular complexity index is 755. The summed E-state index contributed by atoms with van der Waals surface area (Å²) in [4.78, 5) is 23.8. The second kappa shape index (κ2) is 7.70. The molecule has 6 heteroatoms. The van der Waals surface area contributed by atoms with Crippen LogP contribution in [0.25, 0.3) is 0 Å². The number of nitrogens with one attached hydrogen (secondary N) is 3. The lowest BCUT2D eigenvalue weighted by Crippen LogP contribution is -2.28. The minimum atomic E-state index is -0.304. The molecule has 6 nitrogen and oxygen atoms in total. The topological polar surface area (TPSA) is 79.5 Å². The van der Waals surface area contributed by atoms with Gasteiger partial charge in [-0.2, -0.15) is 0 Å². The summed E-state index contributed by atoms with van der Waals surface area (Å²) in [6.45, 7) is 0.411. The fourth-order valence-corrected chi connectivity index (χ4v) is 2.37. The quantitative estimate of drug-likeness (QED) is 0.755. The standard InChI is InChI=1S/C19H21N3O3/c1-25-17-9-5-13(6-10-17)12-20-19(24)22-16-4-2-3-15(11-16)21-18(23)14-7-8-14/h2-6,9-11,14H,7-8,12H2,1H3,(H,21,23)(H2,20,22,24). The Morgan fingerprint density at radius 2 is 1.72 bits per heavy atom. The predicted molar refractivity (Wildman–Crippen MR) is 96.6 cm³/mol. The number of benzene rings is 2. The summed E-state index contributed by atoms with van der Waals surface area (Å²) in [6, 6.07) is 14.3. The van der Waals surface area contributed by atoms with Crippen LogP contribution in [-0.2, 0) is 11.3 Å². The number of methoxy groups -OCH3 is 1. The van der Waals surface area contributed by atoms with Crippen molar-refractivity contribution in [3.05, 3.63) is 54.1 Å². The Labute approximate surface area is 146 Å². The Kier molecular flexibility index (Phi) is 5.18. The first-order valence-corrected chi connectivity index (χ1v) is 8.23. The lowest BCUT2D eigenvalue weighted by molar-refractivity contribution is -0.117. The van der Waals surface area contributed by atoms with Crippen molar-refractivity contribution in [1.82, 2.24) is 5.32 Å². The molecule has 0 bridgehead atoms. The van der Waals surface area contributed by atoms with Gasteiger partial charge >= 0.3 is 6.03 Å². The predicted octanol–water partition coefficient (Wildman–Crippen LogP) is 3.37. The molecule has 25 heavy (non-hydrogen) atoms. The number of carbonyl (C=O) groups excluding carboxylic acids is 2. The molecule has 2 aromatic carbocycles. The zero-order chi connectivity index (χ0) is 17.6. The zero-order valence-electron chi connectivity index (χ0n) is 14.0. The van der Waals surface area contributed by atoms with Gasteiger partial charge in [0.15, 0.2) is 0 Å². The molecule has 1 fully saturated rings. The minimum Gasteiger partial charge on any atom is -0.497 e. The number of urea groups is 1. The highest BCUT2D eigenvalue weighted by Crippen LogP contribution is 2.30. The summed E-state index contributed by atoms with van der Waals surface area (Å²) < 4.78 is 5.10. The van der Waals surface area contributed by atoms with Gasteiger partial charge in [-0.05, 0) is 48.7 Å². The van der Waals surface area contributed by atoms with Crippen molar-refractivity contribution in [2.45, 2.75) is 19.4 Å². The monoisotopic (exact) mass is 339 g/mol. The third-order valence-corrected chi connectivity index (χ3v) is 3.95. The van der Waals surface area contributed by atoms with Crippen molar-refractivity contribution in [3.63, 3.8) is 0 Å². The first-order valence-electron chi connectivity index (χ1n) is 8.23. The van der Waals surface area contributed by atoms with Crippen molar-refractivity contribution in [2.24, 2.45) is 5.92 Å². The van der Waals surface area contributed by atoms with E-state index in [0.29, 0.717) is 17.9 Å². The van der Waals surface area contributed by atoms with Crippen LogP contribution >= 0.6 is 0 Å². The number of carbonyl (C=O) groups is 2. The van der Waals surface area contributed by atoms with Crippen LogP contribution in [0.15, 0.2) is 48.5 Å². The van der Waals surface area contributed by atoms with Crippen LogP contribution in [-0.4, -0.2) is 19.0 Å². The number of amides is 3. The van der Waals surface area contributed by atoms with Crippen molar-refractivity contribution in [2.75, 3.05) is 17.7 Å². The van der Waals surface area contributed by atoms with Crippen molar-refractivity contribution >= 4 is 23.3 Å². The highest BCUT2D eigenvalue weighted by molar-refractivity contribution is 5.95. The van der Waals surface area contributed by atoms with Gasteiger partial charge < -0.3 is 20.7 Å². The van der Waals surface area contributed by atoms with E-state index < -0.39 is 0 Å². The van der Waals surface area contributed by atoms with Crippen molar-refractivity contribution in [1.29, 1.82) is 0 Å². The second-order valence-electron chi connectivity index (χ2n) is 6.00. The van der Waals surface area contributed by atoms with Gasteiger partial charge in [-0.1, -0.05) is 18.2 Å². The molecule has 0 radical (unpaired) electrons. The van der Waals surface area contributed by atoms with E-state index in [4.69, 9.17) is 4.74 Å². The summed E-state index contributed by atoms with van der Waals surface area (Å²) >= 11 is 0. The van der Waals surface area contributed by atoms with E-state index in [-0.39, 0.29) is 17.9 Å². The molecular formula is C19H21N3O3. The van der Waals surface area contributed by atoms with Gasteiger partial charge in [-0.15, -0.1) is 0 Å². The highest BCUT2D eigenvalue weighted by Gasteiger charge is 2.29. The Hall–Kier alpha value is -3.02. The van der Waals surface area contributed by atoms with Gasteiger partial charge in [-0.3, -0.25) is 4.79 Å². The van der Waals surface area contributed by atoms with Crippen LogP contribution in [0.1, 0.15) is 18.4 Å². The fourth-order valence-electron chi connectivity index (χ4n) is 2.37. The lowest BCUT2D eigenvalue weighted by Gasteiger charge is -2.10. The van der Waals surface area contributed by atoms with E-state index in [1.165, 1.54) is 0 Å². The highest BCUT2D eigenvalue weighted by atomic mass is 16.5. The number of ether oxygens (including phenoxy) is 1. The number of anilines is 2. The van der Waals surface area contributed by atoms with Crippen LogP contribution in [0.2, 0.25) is 0 Å². The van der Waals surface area contributed by atoms with Gasteiger partial charge in [0.05, 0.1) is 7.11 Å². The third kappa shape index (κ3) is 4.97. The smallest absolute Gasteiger partial charge is 0.319 e. The maximum atomic E-state index is 12.0. The molecule has 0 saturated heterocycles. The maximum absolute atomic E-state index is 12.0. The lowest BCUT2D eigenvalue weighted by atomic mass is 10.2. The maximum Gasteiger partial charge on any atom is 0.319 e. The summed E-state index contributed by atoms with van der Waals surface area (Å²) in [5, 5.41) is 8.43. The van der Waals surface area contributed by atoms with Crippen LogP contribution in [0.4, 0.5) is 16.2 Å². The summed E-state index contributed by atoms with van der Waals surface area (Å²) in [5.74, 6) is 0.962. The van der Waals surface area contributed by atoms with Gasteiger partial charge in [0.2, 0.25) is 5.91 Å². The Morgan fingerprint density at radius 1 is 1.04 bits per heavy atom. The molecule has 2 aromatic rings. The largest absolute Gasteiger partial charge is 0.497 e. The summed E-state index contributed by atoms with van der Waals surface area (Å²) in [5.41, 5.74) is 2.28. The molecular weight excluding hydrogens is 318 g/mol. The minimum absolute atomic E-state index is 0.0427. The molecule has 0 unspecified atom stereocenters. The summed E-state index contributed by atoms with van der Waals surface area (Å²) in [6.07, 6.45) is 1.91. The molecule has 3 N–H and O–H groups in total. The van der Waals surface area contributed by atoms with Crippen LogP contribution in [0.5, 0.6) is 5.75 Å². The second-order valence-corrected chi connectivity index (χ2v) is 6.00. The number of hydrogen-bond donors (Lipinski definition) is 3. The molecule has 1 aliphatic rings. The van der Waals surface area contributed by atoms with Gasteiger partial charge in [-0.25, -0.2) is 4.79 Å². The van der Waals surface area contributed by atoms with E-state index in [1.54, 1.807) is 31.4 Å².